The number of tetrazole rings is 1. The lowest BCUT2D eigenvalue weighted by atomic mass is 9.98. The molecule has 0 unspecified atom stereocenters. The SMILES string of the molecule is Cc1cc(OCc2ccc(-c3ccccc3-c3nn[nH]n3)cc2)c(N)c(C)n1. The summed E-state index contributed by atoms with van der Waals surface area (Å²) in [5.41, 5.74) is 12.4. The van der Waals surface area contributed by atoms with E-state index in [1.165, 1.54) is 0 Å². The standard InChI is InChI=1S/C21H20N6O/c1-13-11-19(20(22)14(2)23-13)28-12-15-7-9-16(10-8-15)17-5-3-4-6-18(17)21-24-26-27-25-21/h3-11H,12,22H2,1-2H3,(H,24,25,26,27). The number of pyridine rings is 1. The summed E-state index contributed by atoms with van der Waals surface area (Å²) in [6, 6.07) is 18.0. The van der Waals surface area contributed by atoms with Crippen LogP contribution in [0.2, 0.25) is 0 Å². The third-order valence-corrected chi connectivity index (χ3v) is 4.51. The lowest BCUT2D eigenvalue weighted by molar-refractivity contribution is 0.307. The molecule has 4 aromatic rings. The zero-order valence-corrected chi connectivity index (χ0v) is 15.7. The molecule has 2 heterocycles. The number of nitrogens with two attached hydrogens (primary N) is 1. The van der Waals surface area contributed by atoms with Crippen LogP contribution >= 0.6 is 0 Å². The predicted octanol–water partition coefficient (Wildman–Crippen LogP) is 3.71. The van der Waals surface area contributed by atoms with Gasteiger partial charge in [-0.2, -0.15) is 5.21 Å². The zero-order chi connectivity index (χ0) is 19.5. The molecule has 0 aliphatic carbocycles. The van der Waals surface area contributed by atoms with Gasteiger partial charge in [-0.15, -0.1) is 10.2 Å². The third kappa shape index (κ3) is 3.55. The summed E-state index contributed by atoms with van der Waals surface area (Å²) in [6.45, 7) is 4.24. The van der Waals surface area contributed by atoms with E-state index in [4.69, 9.17) is 10.5 Å². The molecule has 0 spiro atoms. The summed E-state index contributed by atoms with van der Waals surface area (Å²) in [7, 11) is 0. The summed E-state index contributed by atoms with van der Waals surface area (Å²) in [4.78, 5) is 4.34. The number of aromatic nitrogens is 5. The van der Waals surface area contributed by atoms with Crippen LogP contribution in [-0.2, 0) is 6.61 Å². The number of nitrogens with zero attached hydrogens (tertiary/aromatic N) is 4. The fourth-order valence-corrected chi connectivity index (χ4v) is 3.07. The highest BCUT2D eigenvalue weighted by molar-refractivity contribution is 5.80. The second-order valence-corrected chi connectivity index (χ2v) is 6.53. The minimum atomic E-state index is 0.430. The van der Waals surface area contributed by atoms with Crippen LogP contribution in [0.15, 0.2) is 54.6 Å². The molecule has 4 rings (SSSR count). The minimum Gasteiger partial charge on any atom is -0.487 e. The van der Waals surface area contributed by atoms with Crippen LogP contribution in [-0.4, -0.2) is 25.6 Å². The van der Waals surface area contributed by atoms with Gasteiger partial charge in [0, 0.05) is 17.3 Å². The molecule has 0 radical (unpaired) electrons. The maximum Gasteiger partial charge on any atom is 0.205 e. The molecule has 7 nitrogen and oxygen atoms in total. The second-order valence-electron chi connectivity index (χ2n) is 6.53. The Morgan fingerprint density at radius 3 is 2.46 bits per heavy atom. The fraction of sp³-hybridized carbons (Fsp3) is 0.143. The van der Waals surface area contributed by atoms with Crippen molar-refractivity contribution in [1.82, 2.24) is 25.6 Å². The molecular weight excluding hydrogens is 352 g/mol. The summed E-state index contributed by atoms with van der Waals surface area (Å²) in [5.74, 6) is 1.23. The second kappa shape index (κ2) is 7.48. The molecule has 2 aromatic carbocycles. The largest absolute Gasteiger partial charge is 0.487 e. The Morgan fingerprint density at radius 1 is 1.00 bits per heavy atom. The van der Waals surface area contributed by atoms with Crippen LogP contribution in [0.3, 0.4) is 0 Å². The number of H-pyrrole nitrogens is 1. The van der Waals surface area contributed by atoms with E-state index >= 15 is 0 Å². The van der Waals surface area contributed by atoms with E-state index in [1.807, 2.05) is 56.3 Å². The van der Waals surface area contributed by atoms with Gasteiger partial charge >= 0.3 is 0 Å². The molecule has 0 saturated heterocycles. The number of anilines is 1. The summed E-state index contributed by atoms with van der Waals surface area (Å²) in [5, 5.41) is 14.3. The first-order valence-corrected chi connectivity index (χ1v) is 8.90. The van der Waals surface area contributed by atoms with Crippen molar-refractivity contribution in [2.45, 2.75) is 20.5 Å². The van der Waals surface area contributed by atoms with Crippen molar-refractivity contribution in [2.75, 3.05) is 5.73 Å². The lowest BCUT2D eigenvalue weighted by Gasteiger charge is -2.12. The first kappa shape index (κ1) is 17.7. The van der Waals surface area contributed by atoms with Crippen LogP contribution in [0, 0.1) is 13.8 Å². The Morgan fingerprint density at radius 2 is 1.75 bits per heavy atom. The van der Waals surface area contributed by atoms with Gasteiger partial charge in [-0.05, 0) is 35.8 Å². The van der Waals surface area contributed by atoms with E-state index in [2.05, 4.69) is 37.7 Å². The lowest BCUT2D eigenvalue weighted by Crippen LogP contribution is -2.02. The molecule has 0 fully saturated rings. The number of ether oxygens (including phenoxy) is 1. The van der Waals surface area contributed by atoms with Crippen LogP contribution in [0.4, 0.5) is 5.69 Å². The number of benzene rings is 2. The Hall–Kier alpha value is -3.74. The number of hydrogen-bond acceptors (Lipinski definition) is 6. The van der Waals surface area contributed by atoms with Crippen molar-refractivity contribution >= 4 is 5.69 Å². The molecular formula is C21H20N6O. The maximum atomic E-state index is 6.07. The molecule has 0 atom stereocenters. The average Bonchev–Trinajstić information content (AvgIpc) is 3.25. The normalized spacial score (nSPS) is 10.8. The fourth-order valence-electron chi connectivity index (χ4n) is 3.07. The highest BCUT2D eigenvalue weighted by atomic mass is 16.5. The summed E-state index contributed by atoms with van der Waals surface area (Å²) < 4.78 is 5.92. The smallest absolute Gasteiger partial charge is 0.205 e. The Balaban J connectivity index is 1.55. The molecule has 2 aromatic heterocycles. The van der Waals surface area contributed by atoms with Crippen molar-refractivity contribution in [1.29, 1.82) is 0 Å². The number of aryl methyl sites for hydroxylation is 2. The van der Waals surface area contributed by atoms with Gasteiger partial charge in [0.15, 0.2) is 0 Å². The van der Waals surface area contributed by atoms with Gasteiger partial charge in [-0.3, -0.25) is 4.98 Å². The van der Waals surface area contributed by atoms with Gasteiger partial charge < -0.3 is 10.5 Å². The Bertz CT molecular complexity index is 1090. The highest BCUT2D eigenvalue weighted by Crippen LogP contribution is 2.30. The summed E-state index contributed by atoms with van der Waals surface area (Å²) in [6.07, 6.45) is 0. The van der Waals surface area contributed by atoms with Gasteiger partial charge in [0.05, 0.1) is 11.4 Å². The number of nitrogen functional groups attached to an aromatic ring is 1. The van der Waals surface area contributed by atoms with Crippen molar-refractivity contribution in [2.24, 2.45) is 0 Å². The van der Waals surface area contributed by atoms with Gasteiger partial charge in [0.25, 0.3) is 0 Å². The minimum absolute atomic E-state index is 0.430. The Kier molecular flexibility index (Phi) is 4.72. The maximum absolute atomic E-state index is 6.07. The van der Waals surface area contributed by atoms with Crippen molar-refractivity contribution in [3.63, 3.8) is 0 Å². The van der Waals surface area contributed by atoms with Crippen LogP contribution in [0.25, 0.3) is 22.5 Å². The van der Waals surface area contributed by atoms with E-state index in [1.54, 1.807) is 0 Å². The van der Waals surface area contributed by atoms with Gasteiger partial charge in [0.1, 0.15) is 12.4 Å². The molecule has 0 aliphatic rings. The van der Waals surface area contributed by atoms with Crippen molar-refractivity contribution < 1.29 is 4.74 Å². The van der Waals surface area contributed by atoms with Crippen molar-refractivity contribution in [3.05, 3.63) is 71.5 Å². The predicted molar refractivity (Wildman–Crippen MR) is 108 cm³/mol. The topological polar surface area (TPSA) is 103 Å². The van der Waals surface area contributed by atoms with Crippen LogP contribution in [0.1, 0.15) is 17.0 Å². The van der Waals surface area contributed by atoms with E-state index in [0.29, 0.717) is 23.9 Å². The number of rotatable bonds is 5. The molecule has 0 amide bonds. The van der Waals surface area contributed by atoms with Crippen LogP contribution in [0.5, 0.6) is 5.75 Å². The average molecular weight is 372 g/mol. The van der Waals surface area contributed by atoms with E-state index in [9.17, 15) is 0 Å². The van der Waals surface area contributed by atoms with Gasteiger partial charge in [-0.1, -0.05) is 48.5 Å². The van der Waals surface area contributed by atoms with E-state index in [0.717, 1.165) is 33.6 Å². The Labute approximate surface area is 162 Å². The zero-order valence-electron chi connectivity index (χ0n) is 15.7. The van der Waals surface area contributed by atoms with Gasteiger partial charge in [0.2, 0.25) is 5.82 Å². The molecule has 28 heavy (non-hydrogen) atoms. The van der Waals surface area contributed by atoms with Crippen LogP contribution < -0.4 is 10.5 Å². The number of nitrogens with one attached hydrogen (secondary N) is 1. The first-order valence-electron chi connectivity index (χ1n) is 8.90. The molecule has 3 N–H and O–H groups in total. The van der Waals surface area contributed by atoms with E-state index < -0.39 is 0 Å². The van der Waals surface area contributed by atoms with E-state index in [-0.39, 0.29) is 0 Å². The molecule has 0 bridgehead atoms. The quantitative estimate of drug-likeness (QED) is 0.554. The van der Waals surface area contributed by atoms with Gasteiger partial charge in [-0.25, -0.2) is 0 Å². The highest BCUT2D eigenvalue weighted by Gasteiger charge is 2.11. The molecule has 0 saturated carbocycles. The molecule has 7 heteroatoms. The third-order valence-electron chi connectivity index (χ3n) is 4.51. The first-order chi connectivity index (χ1) is 13.6. The molecule has 140 valence electrons. The van der Waals surface area contributed by atoms with Crippen molar-refractivity contribution in [3.8, 4) is 28.3 Å². The summed E-state index contributed by atoms with van der Waals surface area (Å²) >= 11 is 0. The molecule has 0 aliphatic heterocycles. The number of aromatic amines is 1. The number of hydrogen-bond donors (Lipinski definition) is 2. The monoisotopic (exact) mass is 372 g/mol.